The van der Waals surface area contributed by atoms with Crippen LogP contribution in [0, 0.1) is 6.92 Å². The standard InChI is InChI=1S/C15H25N3/c1-4-9-16-11(2)14-10-17-15(18-12(14)3)13-7-5-6-8-13/h10-11,13,16H,4-9H2,1-3H3. The molecule has 1 unspecified atom stereocenters. The van der Waals surface area contributed by atoms with Gasteiger partial charge >= 0.3 is 0 Å². The molecule has 3 nitrogen and oxygen atoms in total. The third kappa shape index (κ3) is 3.08. The molecule has 0 bridgehead atoms. The van der Waals surface area contributed by atoms with E-state index in [0.717, 1.165) is 24.5 Å². The molecule has 1 aliphatic carbocycles. The SMILES string of the molecule is CCCNC(C)c1cnc(C2CCCC2)nc1C. The lowest BCUT2D eigenvalue weighted by atomic mass is 10.1. The Labute approximate surface area is 110 Å². The molecule has 1 atom stereocenters. The Bertz CT molecular complexity index is 383. The minimum Gasteiger partial charge on any atom is -0.310 e. The number of aromatic nitrogens is 2. The molecule has 3 heteroatoms. The third-order valence-corrected chi connectivity index (χ3v) is 3.92. The van der Waals surface area contributed by atoms with E-state index < -0.39 is 0 Å². The van der Waals surface area contributed by atoms with Crippen LogP contribution in [0.15, 0.2) is 6.20 Å². The summed E-state index contributed by atoms with van der Waals surface area (Å²) in [5, 5.41) is 3.50. The fraction of sp³-hybridized carbons (Fsp3) is 0.733. The highest BCUT2D eigenvalue weighted by atomic mass is 14.9. The fourth-order valence-corrected chi connectivity index (χ4v) is 2.77. The Morgan fingerprint density at radius 3 is 2.72 bits per heavy atom. The second kappa shape index (κ2) is 6.28. The van der Waals surface area contributed by atoms with E-state index in [4.69, 9.17) is 4.98 Å². The first-order valence-electron chi connectivity index (χ1n) is 7.29. The highest BCUT2D eigenvalue weighted by molar-refractivity contribution is 5.21. The van der Waals surface area contributed by atoms with Gasteiger partial charge in [0.1, 0.15) is 5.82 Å². The van der Waals surface area contributed by atoms with Crippen molar-refractivity contribution in [2.24, 2.45) is 0 Å². The number of hydrogen-bond donors (Lipinski definition) is 1. The van der Waals surface area contributed by atoms with Gasteiger partial charge < -0.3 is 5.32 Å². The van der Waals surface area contributed by atoms with E-state index >= 15 is 0 Å². The summed E-state index contributed by atoms with van der Waals surface area (Å²) >= 11 is 0. The van der Waals surface area contributed by atoms with E-state index in [1.165, 1.54) is 31.2 Å². The van der Waals surface area contributed by atoms with Gasteiger partial charge in [0.05, 0.1) is 0 Å². The zero-order valence-corrected chi connectivity index (χ0v) is 11.9. The van der Waals surface area contributed by atoms with Crippen LogP contribution >= 0.6 is 0 Å². The van der Waals surface area contributed by atoms with Crippen LogP contribution in [0.2, 0.25) is 0 Å². The molecular weight excluding hydrogens is 222 g/mol. The van der Waals surface area contributed by atoms with Crippen molar-refractivity contribution in [3.8, 4) is 0 Å². The first-order valence-corrected chi connectivity index (χ1v) is 7.29. The number of hydrogen-bond acceptors (Lipinski definition) is 3. The molecular formula is C15H25N3. The van der Waals surface area contributed by atoms with Crippen molar-refractivity contribution in [2.45, 2.75) is 64.8 Å². The molecule has 2 rings (SSSR count). The first kappa shape index (κ1) is 13.5. The fourth-order valence-electron chi connectivity index (χ4n) is 2.77. The third-order valence-electron chi connectivity index (χ3n) is 3.92. The zero-order valence-electron chi connectivity index (χ0n) is 11.9. The van der Waals surface area contributed by atoms with Gasteiger partial charge in [-0.3, -0.25) is 0 Å². The van der Waals surface area contributed by atoms with E-state index in [9.17, 15) is 0 Å². The average Bonchev–Trinajstić information content (AvgIpc) is 2.89. The van der Waals surface area contributed by atoms with E-state index in [1.807, 2.05) is 6.20 Å². The second-order valence-corrected chi connectivity index (χ2v) is 5.43. The van der Waals surface area contributed by atoms with Crippen molar-refractivity contribution in [2.75, 3.05) is 6.54 Å². The zero-order chi connectivity index (χ0) is 13.0. The Hall–Kier alpha value is -0.960. The summed E-state index contributed by atoms with van der Waals surface area (Å²) in [5.74, 6) is 1.67. The van der Waals surface area contributed by atoms with Gasteiger partial charge in [0.2, 0.25) is 0 Å². The van der Waals surface area contributed by atoms with Gasteiger partial charge in [-0.25, -0.2) is 9.97 Å². The van der Waals surface area contributed by atoms with Crippen LogP contribution in [-0.2, 0) is 0 Å². The van der Waals surface area contributed by atoms with Gasteiger partial charge in [-0.1, -0.05) is 19.8 Å². The lowest BCUT2D eigenvalue weighted by Gasteiger charge is -2.17. The second-order valence-electron chi connectivity index (χ2n) is 5.43. The van der Waals surface area contributed by atoms with Crippen molar-refractivity contribution in [1.29, 1.82) is 0 Å². The van der Waals surface area contributed by atoms with Crippen molar-refractivity contribution in [3.63, 3.8) is 0 Å². The molecule has 0 spiro atoms. The summed E-state index contributed by atoms with van der Waals surface area (Å²) in [6, 6.07) is 0.350. The van der Waals surface area contributed by atoms with E-state index in [0.29, 0.717) is 12.0 Å². The first-order chi connectivity index (χ1) is 8.72. The van der Waals surface area contributed by atoms with Crippen molar-refractivity contribution < 1.29 is 0 Å². The summed E-state index contributed by atoms with van der Waals surface area (Å²) in [6.07, 6.45) is 8.39. The monoisotopic (exact) mass is 247 g/mol. The Kier molecular flexibility index (Phi) is 4.70. The molecule has 1 aliphatic rings. The number of nitrogens with one attached hydrogen (secondary N) is 1. The van der Waals surface area contributed by atoms with Gasteiger partial charge in [0, 0.05) is 29.4 Å². The maximum atomic E-state index is 4.73. The quantitative estimate of drug-likeness (QED) is 0.865. The van der Waals surface area contributed by atoms with Crippen molar-refractivity contribution in [1.82, 2.24) is 15.3 Å². The normalized spacial score (nSPS) is 18.2. The molecule has 1 saturated carbocycles. The number of aryl methyl sites for hydroxylation is 1. The van der Waals surface area contributed by atoms with Crippen LogP contribution in [0.4, 0.5) is 0 Å². The van der Waals surface area contributed by atoms with E-state index in [-0.39, 0.29) is 0 Å². The van der Waals surface area contributed by atoms with E-state index in [2.05, 4.69) is 31.1 Å². The predicted molar refractivity (Wildman–Crippen MR) is 74.7 cm³/mol. The maximum Gasteiger partial charge on any atom is 0.131 e. The van der Waals surface area contributed by atoms with Crippen LogP contribution < -0.4 is 5.32 Å². The van der Waals surface area contributed by atoms with Gasteiger partial charge in [-0.15, -0.1) is 0 Å². The Morgan fingerprint density at radius 1 is 1.39 bits per heavy atom. The van der Waals surface area contributed by atoms with Crippen LogP contribution in [0.3, 0.4) is 0 Å². The minimum absolute atomic E-state index is 0.350. The number of rotatable bonds is 5. The molecule has 1 fully saturated rings. The lowest BCUT2D eigenvalue weighted by Crippen LogP contribution is -2.21. The topological polar surface area (TPSA) is 37.8 Å². The molecule has 1 aromatic heterocycles. The summed E-state index contributed by atoms with van der Waals surface area (Å²) in [5.41, 5.74) is 2.38. The average molecular weight is 247 g/mol. The number of nitrogens with zero attached hydrogens (tertiary/aromatic N) is 2. The summed E-state index contributed by atoms with van der Waals surface area (Å²) in [6.45, 7) is 7.54. The largest absolute Gasteiger partial charge is 0.310 e. The summed E-state index contributed by atoms with van der Waals surface area (Å²) in [7, 11) is 0. The molecule has 0 radical (unpaired) electrons. The molecule has 18 heavy (non-hydrogen) atoms. The van der Waals surface area contributed by atoms with Crippen LogP contribution in [0.25, 0.3) is 0 Å². The molecule has 0 amide bonds. The van der Waals surface area contributed by atoms with Crippen LogP contribution in [0.5, 0.6) is 0 Å². The van der Waals surface area contributed by atoms with Crippen LogP contribution in [-0.4, -0.2) is 16.5 Å². The van der Waals surface area contributed by atoms with E-state index in [1.54, 1.807) is 0 Å². The highest BCUT2D eigenvalue weighted by Crippen LogP contribution is 2.32. The Balaban J connectivity index is 2.09. The van der Waals surface area contributed by atoms with Crippen molar-refractivity contribution >= 4 is 0 Å². The summed E-state index contributed by atoms with van der Waals surface area (Å²) in [4.78, 5) is 9.33. The minimum atomic E-state index is 0.350. The summed E-state index contributed by atoms with van der Waals surface area (Å²) < 4.78 is 0. The van der Waals surface area contributed by atoms with Crippen LogP contribution in [0.1, 0.15) is 75.0 Å². The van der Waals surface area contributed by atoms with Gasteiger partial charge in [0.15, 0.2) is 0 Å². The molecule has 0 saturated heterocycles. The Morgan fingerprint density at radius 2 is 2.11 bits per heavy atom. The molecule has 0 aromatic carbocycles. The maximum absolute atomic E-state index is 4.73. The smallest absolute Gasteiger partial charge is 0.131 e. The van der Waals surface area contributed by atoms with Gasteiger partial charge in [-0.05, 0) is 39.7 Å². The molecule has 100 valence electrons. The lowest BCUT2D eigenvalue weighted by molar-refractivity contribution is 0.559. The molecule has 1 aromatic rings. The highest BCUT2D eigenvalue weighted by Gasteiger charge is 2.20. The molecule has 1 heterocycles. The van der Waals surface area contributed by atoms with Crippen molar-refractivity contribution in [3.05, 3.63) is 23.3 Å². The molecule has 1 N–H and O–H groups in total. The van der Waals surface area contributed by atoms with Gasteiger partial charge in [-0.2, -0.15) is 0 Å². The van der Waals surface area contributed by atoms with Gasteiger partial charge in [0.25, 0.3) is 0 Å². The molecule has 0 aliphatic heterocycles. The predicted octanol–water partition coefficient (Wildman–Crippen LogP) is 3.50.